The van der Waals surface area contributed by atoms with E-state index in [-0.39, 0.29) is 23.8 Å². The Kier molecular flexibility index (Phi) is 2.90. The van der Waals surface area contributed by atoms with Crippen molar-refractivity contribution in [3.63, 3.8) is 0 Å². The van der Waals surface area contributed by atoms with Gasteiger partial charge in [-0.3, -0.25) is 9.59 Å². The van der Waals surface area contributed by atoms with Gasteiger partial charge in [-0.2, -0.15) is 0 Å². The minimum Gasteiger partial charge on any atom is -0.393 e. The number of aliphatic hydroxyl groups excluding tert-OH is 1. The maximum atomic E-state index is 11.6. The van der Waals surface area contributed by atoms with Crippen molar-refractivity contribution in [1.82, 2.24) is 10.6 Å². The summed E-state index contributed by atoms with van der Waals surface area (Å²) in [4.78, 5) is 22.4. The largest absolute Gasteiger partial charge is 0.393 e. The van der Waals surface area contributed by atoms with Gasteiger partial charge in [-0.25, -0.2) is 0 Å². The topological polar surface area (TPSA) is 78.4 Å². The molecule has 5 heteroatoms. The lowest BCUT2D eigenvalue weighted by molar-refractivity contribution is -0.126. The van der Waals surface area contributed by atoms with Crippen molar-refractivity contribution in [2.45, 2.75) is 25.4 Å². The molecule has 3 N–H and O–H groups in total. The van der Waals surface area contributed by atoms with Gasteiger partial charge in [0.05, 0.1) is 12.0 Å². The number of nitrogens with one attached hydrogen (secondary N) is 2. The summed E-state index contributed by atoms with van der Waals surface area (Å²) >= 11 is 0. The molecule has 0 radical (unpaired) electrons. The lowest BCUT2D eigenvalue weighted by atomic mass is 9.82. The van der Waals surface area contributed by atoms with Crippen LogP contribution in [0, 0.1) is 11.8 Å². The van der Waals surface area contributed by atoms with Crippen molar-refractivity contribution < 1.29 is 14.7 Å². The zero-order valence-corrected chi connectivity index (χ0v) is 8.53. The molecular weight excluding hydrogens is 196 g/mol. The van der Waals surface area contributed by atoms with Crippen molar-refractivity contribution in [3.8, 4) is 0 Å². The third-order valence-corrected chi connectivity index (χ3v) is 3.12. The summed E-state index contributed by atoms with van der Waals surface area (Å²) in [5, 5.41) is 14.5. The van der Waals surface area contributed by atoms with Crippen molar-refractivity contribution in [1.29, 1.82) is 0 Å². The Bertz CT molecular complexity index is 274. The predicted octanol–water partition coefficient (Wildman–Crippen LogP) is -0.990. The molecule has 2 aliphatic rings. The second-order valence-corrected chi connectivity index (χ2v) is 4.44. The van der Waals surface area contributed by atoms with Crippen LogP contribution in [0.15, 0.2) is 0 Å². The molecule has 1 saturated heterocycles. The Labute approximate surface area is 88.2 Å². The Morgan fingerprint density at radius 3 is 2.80 bits per heavy atom. The number of rotatable bonds is 3. The van der Waals surface area contributed by atoms with Gasteiger partial charge in [-0.1, -0.05) is 0 Å². The molecule has 0 bridgehead atoms. The Morgan fingerprint density at radius 2 is 2.27 bits per heavy atom. The van der Waals surface area contributed by atoms with Gasteiger partial charge >= 0.3 is 0 Å². The van der Waals surface area contributed by atoms with Crippen molar-refractivity contribution in [2.24, 2.45) is 11.8 Å². The van der Waals surface area contributed by atoms with E-state index in [4.69, 9.17) is 5.11 Å². The lowest BCUT2D eigenvalue weighted by Crippen LogP contribution is -2.40. The summed E-state index contributed by atoms with van der Waals surface area (Å²) in [6.45, 7) is 1.08. The zero-order chi connectivity index (χ0) is 10.8. The highest BCUT2D eigenvalue weighted by Gasteiger charge is 2.30. The van der Waals surface area contributed by atoms with E-state index in [2.05, 4.69) is 10.6 Å². The van der Waals surface area contributed by atoms with E-state index in [1.54, 1.807) is 0 Å². The van der Waals surface area contributed by atoms with E-state index in [1.165, 1.54) is 0 Å². The van der Waals surface area contributed by atoms with Crippen LogP contribution in [0.2, 0.25) is 0 Å². The number of hydrogen-bond donors (Lipinski definition) is 3. The fourth-order valence-electron chi connectivity index (χ4n) is 2.05. The molecule has 1 heterocycles. The highest BCUT2D eigenvalue weighted by atomic mass is 16.3. The number of carbonyl (C=O) groups is 2. The number of carbonyl (C=O) groups excluding carboxylic acids is 2. The maximum Gasteiger partial charge on any atom is 0.225 e. The second-order valence-electron chi connectivity index (χ2n) is 4.44. The van der Waals surface area contributed by atoms with Crippen LogP contribution in [-0.4, -0.2) is 36.1 Å². The molecule has 0 spiro atoms. The summed E-state index contributed by atoms with van der Waals surface area (Å²) in [6, 6.07) is 0. The molecule has 2 fully saturated rings. The summed E-state index contributed by atoms with van der Waals surface area (Å²) in [6.07, 6.45) is 1.69. The first-order valence-corrected chi connectivity index (χ1v) is 5.37. The van der Waals surface area contributed by atoms with Crippen LogP contribution in [0.25, 0.3) is 0 Å². The van der Waals surface area contributed by atoms with Gasteiger partial charge in [0.15, 0.2) is 0 Å². The molecule has 1 aliphatic carbocycles. The van der Waals surface area contributed by atoms with Crippen LogP contribution in [-0.2, 0) is 9.59 Å². The van der Waals surface area contributed by atoms with Gasteiger partial charge in [-0.05, 0) is 18.8 Å². The number of hydrogen-bond acceptors (Lipinski definition) is 3. The third kappa shape index (κ3) is 2.47. The normalized spacial score (nSPS) is 34.5. The molecule has 15 heavy (non-hydrogen) atoms. The Morgan fingerprint density at radius 1 is 1.53 bits per heavy atom. The van der Waals surface area contributed by atoms with Gasteiger partial charge in [0.1, 0.15) is 0 Å². The molecule has 1 atom stereocenters. The highest BCUT2D eigenvalue weighted by Crippen LogP contribution is 2.26. The molecule has 0 aromatic heterocycles. The summed E-state index contributed by atoms with van der Waals surface area (Å²) in [7, 11) is 0. The van der Waals surface area contributed by atoms with Crippen LogP contribution in [0.4, 0.5) is 0 Å². The van der Waals surface area contributed by atoms with E-state index in [1.807, 2.05) is 0 Å². The molecule has 1 aliphatic heterocycles. The lowest BCUT2D eigenvalue weighted by Gasteiger charge is -2.31. The second kappa shape index (κ2) is 4.18. The molecule has 2 rings (SSSR count). The molecule has 5 nitrogen and oxygen atoms in total. The van der Waals surface area contributed by atoms with Gasteiger partial charge in [0.2, 0.25) is 11.8 Å². The minimum absolute atomic E-state index is 0.0465. The molecule has 0 aromatic rings. The molecule has 1 unspecified atom stereocenters. The van der Waals surface area contributed by atoms with Crippen LogP contribution in [0.1, 0.15) is 19.3 Å². The van der Waals surface area contributed by atoms with Crippen molar-refractivity contribution in [3.05, 3.63) is 0 Å². The predicted molar refractivity (Wildman–Crippen MR) is 52.9 cm³/mol. The van der Waals surface area contributed by atoms with Gasteiger partial charge in [0, 0.05) is 19.5 Å². The van der Waals surface area contributed by atoms with Crippen LogP contribution >= 0.6 is 0 Å². The van der Waals surface area contributed by atoms with Crippen LogP contribution in [0.3, 0.4) is 0 Å². The minimum atomic E-state index is -0.206. The van der Waals surface area contributed by atoms with Gasteiger partial charge in [0.25, 0.3) is 0 Å². The summed E-state index contributed by atoms with van der Waals surface area (Å²) in [5.41, 5.74) is 0. The smallest absolute Gasteiger partial charge is 0.225 e. The average molecular weight is 212 g/mol. The summed E-state index contributed by atoms with van der Waals surface area (Å²) < 4.78 is 0. The average Bonchev–Trinajstić information content (AvgIpc) is 2.57. The fraction of sp³-hybridized carbons (Fsp3) is 0.800. The third-order valence-electron chi connectivity index (χ3n) is 3.12. The maximum absolute atomic E-state index is 11.6. The van der Waals surface area contributed by atoms with Crippen LogP contribution < -0.4 is 10.6 Å². The first-order chi connectivity index (χ1) is 7.15. The molecule has 2 amide bonds. The Hall–Kier alpha value is -1.10. The van der Waals surface area contributed by atoms with Crippen molar-refractivity contribution >= 4 is 11.8 Å². The van der Waals surface area contributed by atoms with Crippen LogP contribution in [0.5, 0.6) is 0 Å². The number of amides is 2. The fourth-order valence-corrected chi connectivity index (χ4v) is 2.05. The molecule has 0 aromatic carbocycles. The van der Waals surface area contributed by atoms with E-state index < -0.39 is 0 Å². The first kappa shape index (κ1) is 10.4. The van der Waals surface area contributed by atoms with Gasteiger partial charge in [-0.15, -0.1) is 0 Å². The monoisotopic (exact) mass is 212 g/mol. The van der Waals surface area contributed by atoms with Gasteiger partial charge < -0.3 is 15.7 Å². The van der Waals surface area contributed by atoms with E-state index in [0.717, 1.165) is 12.8 Å². The van der Waals surface area contributed by atoms with E-state index in [9.17, 15) is 9.59 Å². The standard InChI is InChI=1S/C10H16N2O3/c13-8-1-6(2-8)4-12-10(15)7-3-9(14)11-5-7/h6-8,13H,1-5H2,(H,11,14)(H,12,15). The quantitative estimate of drug-likeness (QED) is 0.562. The Balaban J connectivity index is 1.66. The van der Waals surface area contributed by atoms with Crippen molar-refractivity contribution in [2.75, 3.05) is 13.1 Å². The SMILES string of the molecule is O=C1CC(C(=O)NCC2CC(O)C2)CN1. The zero-order valence-electron chi connectivity index (χ0n) is 8.53. The summed E-state index contributed by atoms with van der Waals surface area (Å²) in [5.74, 6) is 0.112. The van der Waals surface area contributed by atoms with E-state index in [0.29, 0.717) is 25.4 Å². The highest BCUT2D eigenvalue weighted by molar-refractivity contribution is 5.89. The number of aliphatic hydroxyl groups is 1. The first-order valence-electron chi connectivity index (χ1n) is 5.37. The van der Waals surface area contributed by atoms with E-state index >= 15 is 0 Å². The molecular formula is C10H16N2O3. The molecule has 1 saturated carbocycles. The molecule has 84 valence electrons.